The first kappa shape index (κ1) is 28.6. The van der Waals surface area contributed by atoms with Crippen LogP contribution in [0.5, 0.6) is 0 Å². The fourth-order valence-corrected chi connectivity index (χ4v) is 6.77. The van der Waals surface area contributed by atoms with Gasteiger partial charge < -0.3 is 4.42 Å². The summed E-state index contributed by atoms with van der Waals surface area (Å²) in [7, 11) is 0. The summed E-state index contributed by atoms with van der Waals surface area (Å²) < 4.78 is 5.46. The Labute approximate surface area is 284 Å². The fraction of sp³-hybridized carbons (Fsp3) is 0. The van der Waals surface area contributed by atoms with Gasteiger partial charge in [0.05, 0.1) is 11.4 Å². The van der Waals surface area contributed by atoms with Crippen LogP contribution < -0.4 is 0 Å². The lowest BCUT2D eigenvalue weighted by Gasteiger charge is -2.16. The zero-order valence-corrected chi connectivity index (χ0v) is 26.6. The quantitative estimate of drug-likeness (QED) is 0.184. The first-order valence-corrected chi connectivity index (χ1v) is 16.5. The van der Waals surface area contributed by atoms with E-state index in [0.717, 1.165) is 55.9 Å². The number of hydrogen-bond donors (Lipinski definition) is 0. The molecule has 3 heteroatoms. The van der Waals surface area contributed by atoms with Crippen molar-refractivity contribution in [3.63, 3.8) is 0 Å². The van der Waals surface area contributed by atoms with Crippen molar-refractivity contribution < 1.29 is 4.42 Å². The highest BCUT2D eigenvalue weighted by Gasteiger charge is 2.15. The van der Waals surface area contributed by atoms with Crippen molar-refractivity contribution in [2.24, 2.45) is 0 Å². The monoisotopic (exact) mass is 626 g/mol. The van der Waals surface area contributed by atoms with Gasteiger partial charge in [0, 0.05) is 11.1 Å². The second kappa shape index (κ2) is 12.2. The number of fused-ring (bicyclic) bond motifs is 2. The summed E-state index contributed by atoms with van der Waals surface area (Å²) in [6.45, 7) is 0. The summed E-state index contributed by atoms with van der Waals surface area (Å²) in [6.07, 6.45) is 1.49. The first-order valence-electron chi connectivity index (χ1n) is 16.5. The van der Waals surface area contributed by atoms with Crippen molar-refractivity contribution in [2.45, 2.75) is 0 Å². The van der Waals surface area contributed by atoms with Crippen LogP contribution in [0.15, 0.2) is 187 Å². The van der Waals surface area contributed by atoms with Gasteiger partial charge in [0.25, 0.3) is 0 Å². The highest BCUT2D eigenvalue weighted by atomic mass is 16.3. The Morgan fingerprint density at radius 1 is 0.388 bits per heavy atom. The molecule has 0 aliphatic carbocycles. The van der Waals surface area contributed by atoms with E-state index in [1.807, 2.05) is 12.1 Å². The van der Waals surface area contributed by atoms with Crippen LogP contribution in [0.4, 0.5) is 0 Å². The Kier molecular flexibility index (Phi) is 7.14. The number of rotatable bonds is 6. The molecule has 9 rings (SSSR count). The van der Waals surface area contributed by atoms with Crippen molar-refractivity contribution in [2.75, 3.05) is 0 Å². The molecule has 0 aliphatic heterocycles. The number of aromatic nitrogens is 2. The van der Waals surface area contributed by atoms with Gasteiger partial charge in [0.1, 0.15) is 5.52 Å². The Hall–Kier alpha value is -6.58. The summed E-state index contributed by atoms with van der Waals surface area (Å²) >= 11 is 0. The minimum absolute atomic E-state index is 0.793. The fourth-order valence-electron chi connectivity index (χ4n) is 6.77. The Bertz CT molecular complexity index is 2530. The Morgan fingerprint density at radius 2 is 1.02 bits per heavy atom. The van der Waals surface area contributed by atoms with Gasteiger partial charge in [-0.15, -0.1) is 0 Å². The van der Waals surface area contributed by atoms with Crippen LogP contribution in [0.1, 0.15) is 0 Å². The van der Waals surface area contributed by atoms with Crippen molar-refractivity contribution in [1.82, 2.24) is 9.97 Å². The second-order valence-corrected chi connectivity index (χ2v) is 12.3. The Balaban J connectivity index is 1.17. The van der Waals surface area contributed by atoms with Crippen molar-refractivity contribution in [3.05, 3.63) is 182 Å². The maximum absolute atomic E-state index is 5.46. The van der Waals surface area contributed by atoms with Crippen molar-refractivity contribution >= 4 is 21.9 Å². The maximum Gasteiger partial charge on any atom is 0.181 e. The zero-order chi connectivity index (χ0) is 32.6. The first-order chi connectivity index (χ1) is 24.3. The van der Waals surface area contributed by atoms with E-state index < -0.39 is 0 Å². The Morgan fingerprint density at radius 3 is 1.84 bits per heavy atom. The smallest absolute Gasteiger partial charge is 0.181 e. The molecule has 230 valence electrons. The second-order valence-electron chi connectivity index (χ2n) is 12.3. The number of oxazole rings is 1. The van der Waals surface area contributed by atoms with Gasteiger partial charge >= 0.3 is 0 Å². The predicted molar refractivity (Wildman–Crippen MR) is 202 cm³/mol. The van der Waals surface area contributed by atoms with Gasteiger partial charge in [-0.25, -0.2) is 9.97 Å². The van der Waals surface area contributed by atoms with Gasteiger partial charge in [0.15, 0.2) is 12.0 Å². The highest BCUT2D eigenvalue weighted by Crippen LogP contribution is 2.40. The lowest BCUT2D eigenvalue weighted by atomic mass is 9.88. The van der Waals surface area contributed by atoms with Crippen molar-refractivity contribution in [3.8, 4) is 67.0 Å². The molecule has 3 nitrogen and oxygen atoms in total. The summed E-state index contributed by atoms with van der Waals surface area (Å²) in [5.41, 5.74) is 15.0. The van der Waals surface area contributed by atoms with Gasteiger partial charge in [0.2, 0.25) is 0 Å². The number of nitrogens with zero attached hydrogens (tertiary/aromatic N) is 2. The molecule has 0 bridgehead atoms. The summed E-state index contributed by atoms with van der Waals surface area (Å²) in [6, 6.07) is 62.3. The molecule has 0 saturated heterocycles. The molecule has 7 aromatic carbocycles. The molecule has 0 aliphatic rings. The molecule has 0 fully saturated rings. The summed E-state index contributed by atoms with van der Waals surface area (Å²) in [4.78, 5) is 9.56. The predicted octanol–water partition coefficient (Wildman–Crippen LogP) is 12.4. The van der Waals surface area contributed by atoms with Crippen LogP contribution in [-0.2, 0) is 0 Å². The number of pyridine rings is 1. The van der Waals surface area contributed by atoms with Crippen LogP contribution >= 0.6 is 0 Å². The molecule has 0 unspecified atom stereocenters. The van der Waals surface area contributed by atoms with E-state index in [0.29, 0.717) is 0 Å². The average Bonchev–Trinajstić information content (AvgIpc) is 3.66. The van der Waals surface area contributed by atoms with Gasteiger partial charge in [-0.2, -0.15) is 0 Å². The van der Waals surface area contributed by atoms with E-state index in [2.05, 4.69) is 169 Å². The lowest BCUT2D eigenvalue weighted by Crippen LogP contribution is -1.92. The van der Waals surface area contributed by atoms with E-state index >= 15 is 0 Å². The largest absolute Gasteiger partial charge is 0.443 e. The molecule has 0 saturated carbocycles. The third-order valence-corrected chi connectivity index (χ3v) is 9.24. The van der Waals surface area contributed by atoms with Crippen LogP contribution in [0.25, 0.3) is 88.9 Å². The summed E-state index contributed by atoms with van der Waals surface area (Å²) in [5, 5.41) is 2.43. The normalized spacial score (nSPS) is 11.3. The third-order valence-electron chi connectivity index (χ3n) is 9.24. The third kappa shape index (κ3) is 5.48. The average molecular weight is 627 g/mol. The maximum atomic E-state index is 5.46. The molecule has 2 aromatic heterocycles. The molecule has 49 heavy (non-hydrogen) atoms. The lowest BCUT2D eigenvalue weighted by molar-refractivity contribution is 0.602. The van der Waals surface area contributed by atoms with Gasteiger partial charge in [-0.1, -0.05) is 146 Å². The highest BCUT2D eigenvalue weighted by molar-refractivity contribution is 6.04. The molecule has 0 N–H and O–H groups in total. The standard InChI is InChI=1S/C46H30N2O/c1-3-10-31(11-4-1)39-28-42(34-13-5-2-6-14-34)48-43(29-39)38-16-9-15-37(26-38)41-24-22-33-12-7-8-17-40(33)46(41)35-20-18-32(19-21-35)36-23-25-45-44(27-36)47-30-49-45/h1-30H. The minimum Gasteiger partial charge on any atom is -0.443 e. The zero-order valence-electron chi connectivity index (χ0n) is 26.6. The van der Waals surface area contributed by atoms with E-state index in [9.17, 15) is 0 Å². The van der Waals surface area contributed by atoms with Crippen LogP contribution in [-0.4, -0.2) is 9.97 Å². The number of benzene rings is 7. The molecular weight excluding hydrogens is 597 g/mol. The molecule has 0 radical (unpaired) electrons. The van der Waals surface area contributed by atoms with Gasteiger partial charge in [-0.05, 0) is 85.6 Å². The van der Waals surface area contributed by atoms with E-state index in [1.54, 1.807) is 0 Å². The topological polar surface area (TPSA) is 38.9 Å². The van der Waals surface area contributed by atoms with E-state index in [1.165, 1.54) is 39.4 Å². The van der Waals surface area contributed by atoms with Crippen LogP contribution in [0.2, 0.25) is 0 Å². The SMILES string of the molecule is c1ccc(-c2cc(-c3ccccc3)nc(-c3cccc(-c4ccc5ccccc5c4-c4ccc(-c5ccc6ocnc6c5)cc4)c3)c2)cc1. The van der Waals surface area contributed by atoms with E-state index in [4.69, 9.17) is 9.40 Å². The minimum atomic E-state index is 0.793. The van der Waals surface area contributed by atoms with Crippen LogP contribution in [0, 0.1) is 0 Å². The molecule has 9 aromatic rings. The molecule has 0 atom stereocenters. The van der Waals surface area contributed by atoms with Crippen LogP contribution in [0.3, 0.4) is 0 Å². The molecule has 2 heterocycles. The van der Waals surface area contributed by atoms with Gasteiger partial charge in [-0.3, -0.25) is 0 Å². The molecule has 0 spiro atoms. The van der Waals surface area contributed by atoms with E-state index in [-0.39, 0.29) is 0 Å². The van der Waals surface area contributed by atoms with Crippen molar-refractivity contribution in [1.29, 1.82) is 0 Å². The molecular formula is C46H30N2O. The molecule has 0 amide bonds. The number of hydrogen-bond acceptors (Lipinski definition) is 3. The summed E-state index contributed by atoms with van der Waals surface area (Å²) in [5.74, 6) is 0.